The number of hydrogen-bond donors (Lipinski definition) is 2. The Bertz CT molecular complexity index is 1570. The zero-order valence-corrected chi connectivity index (χ0v) is 21.3. The fourth-order valence-electron chi connectivity index (χ4n) is 3.60. The molecule has 0 aliphatic carbocycles. The number of furan rings is 1. The molecule has 174 valence electrons. The van der Waals surface area contributed by atoms with E-state index in [0.717, 1.165) is 43.5 Å². The van der Waals surface area contributed by atoms with Gasteiger partial charge in [-0.2, -0.15) is 0 Å². The van der Waals surface area contributed by atoms with Gasteiger partial charge in [-0.25, -0.2) is 4.98 Å². The van der Waals surface area contributed by atoms with Crippen LogP contribution in [0.15, 0.2) is 86.1 Å². The molecule has 5 rings (SSSR count). The Labute approximate surface area is 215 Å². The monoisotopic (exact) mass is 545 g/mol. The Balaban J connectivity index is 1.30. The van der Waals surface area contributed by atoms with E-state index in [1.165, 1.54) is 0 Å². The molecule has 2 aromatic heterocycles. The van der Waals surface area contributed by atoms with E-state index >= 15 is 0 Å². The number of rotatable bonds is 4. The third-order valence-electron chi connectivity index (χ3n) is 5.46. The molecule has 2 heterocycles. The van der Waals surface area contributed by atoms with E-state index in [1.807, 2.05) is 74.5 Å². The third-order valence-corrected chi connectivity index (χ3v) is 6.19. The second-order valence-electron chi connectivity index (χ2n) is 8.10. The molecule has 0 spiro atoms. The van der Waals surface area contributed by atoms with Crippen LogP contribution in [0.2, 0.25) is 0 Å². The molecule has 0 aliphatic rings. The number of carbonyl (C=O) groups excluding carboxylic acids is 1. The molecule has 0 bridgehead atoms. The van der Waals surface area contributed by atoms with Crippen molar-refractivity contribution < 1.29 is 13.6 Å². The number of anilines is 1. The smallest absolute Gasteiger partial charge is 0.293 e. The summed E-state index contributed by atoms with van der Waals surface area (Å²) in [6.45, 7) is 3.96. The standard InChI is InChI=1S/C27H20BrN3O3S/c1-15-3-10-23-21(13-15)29-26(34-23)18-5-4-16(2)20(14-18)30-27(35)31-25(32)24-12-11-22(33-24)17-6-8-19(28)9-7-17/h3-14H,1-2H3,(H2,30,31,32,35). The topological polar surface area (TPSA) is 80.3 Å². The summed E-state index contributed by atoms with van der Waals surface area (Å²) in [5, 5.41) is 5.92. The molecule has 0 atom stereocenters. The highest BCUT2D eigenvalue weighted by Gasteiger charge is 2.15. The van der Waals surface area contributed by atoms with E-state index in [2.05, 4.69) is 31.5 Å². The predicted molar refractivity (Wildman–Crippen MR) is 144 cm³/mol. The molecule has 0 radical (unpaired) electrons. The van der Waals surface area contributed by atoms with Crippen LogP contribution < -0.4 is 10.6 Å². The van der Waals surface area contributed by atoms with Crippen LogP contribution in [-0.4, -0.2) is 16.0 Å². The average molecular weight is 546 g/mol. The number of aryl methyl sites for hydroxylation is 2. The normalized spacial score (nSPS) is 10.9. The summed E-state index contributed by atoms with van der Waals surface area (Å²) in [6, 6.07) is 22.7. The molecule has 0 unspecified atom stereocenters. The minimum Gasteiger partial charge on any atom is -0.451 e. The van der Waals surface area contributed by atoms with Crippen LogP contribution in [0.25, 0.3) is 33.9 Å². The van der Waals surface area contributed by atoms with Crippen molar-refractivity contribution in [2.24, 2.45) is 0 Å². The second-order valence-corrected chi connectivity index (χ2v) is 9.42. The van der Waals surface area contributed by atoms with Gasteiger partial charge in [-0.1, -0.05) is 40.2 Å². The Hall–Kier alpha value is -3.75. The summed E-state index contributed by atoms with van der Waals surface area (Å²) in [5.74, 6) is 0.839. The van der Waals surface area contributed by atoms with Gasteiger partial charge in [-0.15, -0.1) is 0 Å². The lowest BCUT2D eigenvalue weighted by atomic mass is 10.1. The van der Waals surface area contributed by atoms with E-state index in [-0.39, 0.29) is 10.9 Å². The molecule has 2 N–H and O–H groups in total. The van der Waals surface area contributed by atoms with Gasteiger partial charge in [0.15, 0.2) is 16.5 Å². The molecule has 3 aromatic carbocycles. The van der Waals surface area contributed by atoms with Gasteiger partial charge in [0, 0.05) is 21.3 Å². The Kier molecular flexibility index (Phi) is 6.23. The maximum Gasteiger partial charge on any atom is 0.293 e. The molecule has 0 aliphatic heterocycles. The first-order valence-electron chi connectivity index (χ1n) is 10.8. The molecule has 0 fully saturated rings. The van der Waals surface area contributed by atoms with Crippen LogP contribution in [0.4, 0.5) is 5.69 Å². The van der Waals surface area contributed by atoms with Crippen molar-refractivity contribution in [1.82, 2.24) is 10.3 Å². The summed E-state index contributed by atoms with van der Waals surface area (Å²) in [6.07, 6.45) is 0. The van der Waals surface area contributed by atoms with Gasteiger partial charge in [-0.05, 0) is 85.7 Å². The molecular weight excluding hydrogens is 526 g/mol. The Morgan fingerprint density at radius 3 is 2.49 bits per heavy atom. The van der Waals surface area contributed by atoms with E-state index in [0.29, 0.717) is 11.7 Å². The van der Waals surface area contributed by atoms with Crippen LogP contribution in [-0.2, 0) is 0 Å². The largest absolute Gasteiger partial charge is 0.451 e. The van der Waals surface area contributed by atoms with Crippen LogP contribution in [0.1, 0.15) is 21.7 Å². The molecule has 0 saturated heterocycles. The number of carbonyl (C=O) groups is 1. The van der Waals surface area contributed by atoms with Crippen LogP contribution in [0.5, 0.6) is 0 Å². The molecule has 0 saturated carbocycles. The van der Waals surface area contributed by atoms with Crippen molar-refractivity contribution in [2.75, 3.05) is 5.32 Å². The third kappa shape index (κ3) is 5.03. The van der Waals surface area contributed by atoms with Gasteiger partial charge in [-0.3, -0.25) is 10.1 Å². The number of thiocarbonyl (C=S) groups is 1. The minimum absolute atomic E-state index is 0.157. The minimum atomic E-state index is -0.436. The quantitative estimate of drug-likeness (QED) is 0.231. The van der Waals surface area contributed by atoms with E-state index < -0.39 is 5.91 Å². The molecule has 6 nitrogen and oxygen atoms in total. The summed E-state index contributed by atoms with van der Waals surface area (Å²) in [5.41, 5.74) is 6.00. The number of oxazole rings is 1. The highest BCUT2D eigenvalue weighted by molar-refractivity contribution is 9.10. The first-order chi connectivity index (χ1) is 16.9. The van der Waals surface area contributed by atoms with Crippen molar-refractivity contribution in [3.8, 4) is 22.8 Å². The van der Waals surface area contributed by atoms with Crippen molar-refractivity contribution in [3.05, 3.63) is 94.2 Å². The molecule has 5 aromatic rings. The zero-order chi connectivity index (χ0) is 24.5. The van der Waals surface area contributed by atoms with Crippen LogP contribution in [0.3, 0.4) is 0 Å². The number of nitrogens with one attached hydrogen (secondary N) is 2. The number of aromatic nitrogens is 1. The van der Waals surface area contributed by atoms with Gasteiger partial charge in [0.2, 0.25) is 5.89 Å². The number of fused-ring (bicyclic) bond motifs is 1. The number of nitrogens with zero attached hydrogens (tertiary/aromatic N) is 1. The summed E-state index contributed by atoms with van der Waals surface area (Å²) < 4.78 is 12.6. The van der Waals surface area contributed by atoms with E-state index in [4.69, 9.17) is 21.1 Å². The van der Waals surface area contributed by atoms with Gasteiger partial charge in [0.1, 0.15) is 11.3 Å². The fourth-order valence-corrected chi connectivity index (χ4v) is 4.07. The van der Waals surface area contributed by atoms with E-state index in [9.17, 15) is 4.79 Å². The lowest BCUT2D eigenvalue weighted by Gasteiger charge is -2.12. The maximum absolute atomic E-state index is 12.7. The highest BCUT2D eigenvalue weighted by Crippen LogP contribution is 2.29. The zero-order valence-electron chi connectivity index (χ0n) is 18.9. The van der Waals surface area contributed by atoms with Crippen LogP contribution in [0, 0.1) is 13.8 Å². The van der Waals surface area contributed by atoms with Crippen LogP contribution >= 0.6 is 28.1 Å². The second kappa shape index (κ2) is 9.48. The highest BCUT2D eigenvalue weighted by atomic mass is 79.9. The van der Waals surface area contributed by atoms with Gasteiger partial charge < -0.3 is 14.2 Å². The first-order valence-corrected chi connectivity index (χ1v) is 12.0. The van der Waals surface area contributed by atoms with Gasteiger partial charge in [0.25, 0.3) is 5.91 Å². The number of halogens is 1. The first kappa shape index (κ1) is 23.0. The van der Waals surface area contributed by atoms with Crippen molar-refractivity contribution in [3.63, 3.8) is 0 Å². The Morgan fingerprint density at radius 2 is 1.69 bits per heavy atom. The van der Waals surface area contributed by atoms with Crippen molar-refractivity contribution >= 4 is 56.0 Å². The summed E-state index contributed by atoms with van der Waals surface area (Å²) in [4.78, 5) is 17.3. The average Bonchev–Trinajstić information content (AvgIpc) is 3.48. The fraction of sp³-hybridized carbons (Fsp3) is 0.0741. The van der Waals surface area contributed by atoms with E-state index in [1.54, 1.807) is 12.1 Å². The van der Waals surface area contributed by atoms with Gasteiger partial charge in [0.05, 0.1) is 0 Å². The summed E-state index contributed by atoms with van der Waals surface area (Å²) >= 11 is 8.79. The predicted octanol–water partition coefficient (Wildman–Crippen LogP) is 7.26. The molecular formula is C27H20BrN3O3S. The molecule has 35 heavy (non-hydrogen) atoms. The lowest BCUT2D eigenvalue weighted by Crippen LogP contribution is -2.34. The number of hydrogen-bond acceptors (Lipinski definition) is 5. The van der Waals surface area contributed by atoms with Gasteiger partial charge >= 0.3 is 0 Å². The van der Waals surface area contributed by atoms with Crippen molar-refractivity contribution in [1.29, 1.82) is 0 Å². The number of amides is 1. The SMILES string of the molecule is Cc1ccc2oc(-c3ccc(C)c(NC(=S)NC(=O)c4ccc(-c5ccc(Br)cc5)o4)c3)nc2c1. The number of benzene rings is 3. The molecule has 1 amide bonds. The lowest BCUT2D eigenvalue weighted by molar-refractivity contribution is 0.0951. The Morgan fingerprint density at radius 1 is 0.914 bits per heavy atom. The maximum atomic E-state index is 12.7. The van der Waals surface area contributed by atoms with Crippen molar-refractivity contribution in [2.45, 2.75) is 13.8 Å². The molecule has 8 heteroatoms. The summed E-state index contributed by atoms with van der Waals surface area (Å²) in [7, 11) is 0.